The molecule has 1 atom stereocenters. The maximum atomic E-state index is 11.1. The molecule has 0 aliphatic heterocycles. The van der Waals surface area contributed by atoms with Crippen LogP contribution < -0.4 is 0 Å². The Morgan fingerprint density at radius 1 is 1.53 bits per heavy atom. The Labute approximate surface area is 116 Å². The van der Waals surface area contributed by atoms with E-state index < -0.39 is 5.97 Å². The van der Waals surface area contributed by atoms with Gasteiger partial charge in [-0.15, -0.1) is 0 Å². The number of para-hydroxylation sites is 1. The van der Waals surface area contributed by atoms with E-state index in [2.05, 4.69) is 0 Å². The topological polar surface area (TPSA) is 42.2 Å². The summed E-state index contributed by atoms with van der Waals surface area (Å²) in [5.74, 6) is -0.101. The number of hydrogen-bond acceptors (Lipinski definition) is 1. The Bertz CT molecular complexity index is 643. The molecule has 100 valence electrons. The first kappa shape index (κ1) is 12.5. The minimum Gasteiger partial charge on any atom is -0.481 e. The third-order valence-electron chi connectivity index (χ3n) is 3.97. The Morgan fingerprint density at radius 2 is 2.26 bits per heavy atom. The molecule has 1 aliphatic carbocycles. The van der Waals surface area contributed by atoms with E-state index in [0.29, 0.717) is 5.92 Å². The molecule has 19 heavy (non-hydrogen) atoms. The van der Waals surface area contributed by atoms with Crippen LogP contribution in [0, 0.1) is 5.92 Å². The number of fused-ring (bicyclic) bond motifs is 1. The van der Waals surface area contributed by atoms with Gasteiger partial charge in [-0.3, -0.25) is 4.79 Å². The smallest absolute Gasteiger partial charge is 0.303 e. The number of aliphatic carboxylic acids is 1. The molecule has 3 rings (SSSR count). The molecule has 1 unspecified atom stereocenters. The third-order valence-corrected chi connectivity index (χ3v) is 4.27. The summed E-state index contributed by atoms with van der Waals surface area (Å²) < 4.78 is 2.00. The number of halogens is 1. The highest BCUT2D eigenvalue weighted by molar-refractivity contribution is 6.35. The van der Waals surface area contributed by atoms with Gasteiger partial charge in [-0.2, -0.15) is 0 Å². The molecule has 0 spiro atoms. The van der Waals surface area contributed by atoms with Gasteiger partial charge in [-0.1, -0.05) is 23.7 Å². The van der Waals surface area contributed by atoms with Crippen molar-refractivity contribution >= 4 is 28.5 Å². The van der Waals surface area contributed by atoms with Crippen molar-refractivity contribution in [3.63, 3.8) is 0 Å². The van der Waals surface area contributed by atoms with Crippen LogP contribution in [-0.4, -0.2) is 15.6 Å². The number of carboxylic acid groups (broad SMARTS) is 1. The van der Waals surface area contributed by atoms with Crippen LogP contribution >= 0.6 is 11.6 Å². The number of hydrogen-bond donors (Lipinski definition) is 1. The van der Waals surface area contributed by atoms with Gasteiger partial charge >= 0.3 is 5.97 Å². The number of rotatable bonds is 4. The second-order valence-electron chi connectivity index (χ2n) is 5.37. The Morgan fingerprint density at radius 3 is 2.89 bits per heavy atom. The molecule has 0 amide bonds. The molecule has 0 bridgehead atoms. The Kier molecular flexibility index (Phi) is 3.02. The largest absolute Gasteiger partial charge is 0.481 e. The quantitative estimate of drug-likeness (QED) is 0.924. The molecule has 1 aliphatic rings. The second-order valence-corrected chi connectivity index (χ2v) is 5.78. The van der Waals surface area contributed by atoms with Gasteiger partial charge in [-0.05, 0) is 36.3 Å². The summed E-state index contributed by atoms with van der Waals surface area (Å²) in [6.45, 7) is 0. The molecule has 1 saturated carbocycles. The minimum absolute atomic E-state index is 0.111. The summed E-state index contributed by atoms with van der Waals surface area (Å²) in [5.41, 5.74) is 2.13. The van der Waals surface area contributed by atoms with Crippen LogP contribution in [0.2, 0.25) is 5.02 Å². The van der Waals surface area contributed by atoms with Crippen molar-refractivity contribution < 1.29 is 9.90 Å². The fourth-order valence-corrected chi connectivity index (χ4v) is 3.27. The molecular weight excluding hydrogens is 262 g/mol. The Balaban J connectivity index is 2.13. The van der Waals surface area contributed by atoms with Gasteiger partial charge in [-0.25, -0.2) is 0 Å². The molecule has 1 aromatic carbocycles. The summed E-state index contributed by atoms with van der Waals surface area (Å²) in [4.78, 5) is 11.1. The first-order valence-electron chi connectivity index (χ1n) is 6.53. The van der Waals surface area contributed by atoms with Crippen LogP contribution in [0.3, 0.4) is 0 Å². The zero-order valence-electron chi connectivity index (χ0n) is 10.8. The van der Waals surface area contributed by atoms with Crippen LogP contribution in [0.25, 0.3) is 10.9 Å². The average molecular weight is 278 g/mol. The van der Waals surface area contributed by atoms with Gasteiger partial charge in [0, 0.05) is 18.6 Å². The zero-order valence-corrected chi connectivity index (χ0v) is 11.5. The first-order chi connectivity index (χ1) is 9.08. The SMILES string of the molecule is Cn1cc(C(CC(=O)O)C2CC2)c2cccc(Cl)c21. The monoisotopic (exact) mass is 277 g/mol. The van der Waals surface area contributed by atoms with Crippen molar-refractivity contribution in [2.24, 2.45) is 13.0 Å². The first-order valence-corrected chi connectivity index (χ1v) is 6.91. The van der Waals surface area contributed by atoms with Crippen molar-refractivity contribution in [2.45, 2.75) is 25.2 Å². The lowest BCUT2D eigenvalue weighted by molar-refractivity contribution is -0.137. The molecule has 4 heteroatoms. The van der Waals surface area contributed by atoms with E-state index in [1.807, 2.05) is 36.0 Å². The van der Waals surface area contributed by atoms with Gasteiger partial charge in [0.15, 0.2) is 0 Å². The number of nitrogens with zero attached hydrogens (tertiary/aromatic N) is 1. The molecule has 0 radical (unpaired) electrons. The number of aromatic nitrogens is 1. The van der Waals surface area contributed by atoms with E-state index in [9.17, 15) is 4.79 Å². The molecular formula is C15H16ClNO2. The minimum atomic E-state index is -0.726. The average Bonchev–Trinajstić information content (AvgIpc) is 3.12. The highest BCUT2D eigenvalue weighted by Gasteiger charge is 2.35. The highest BCUT2D eigenvalue weighted by Crippen LogP contribution is 2.47. The molecule has 3 nitrogen and oxygen atoms in total. The van der Waals surface area contributed by atoms with Crippen molar-refractivity contribution in [3.05, 3.63) is 35.0 Å². The lowest BCUT2D eigenvalue weighted by Gasteiger charge is -2.13. The molecule has 1 N–H and O–H groups in total. The van der Waals surface area contributed by atoms with Gasteiger partial charge < -0.3 is 9.67 Å². The Hall–Kier alpha value is -1.48. The lowest BCUT2D eigenvalue weighted by Crippen LogP contribution is -2.08. The van der Waals surface area contributed by atoms with Crippen LogP contribution in [-0.2, 0) is 11.8 Å². The molecule has 1 aromatic heterocycles. The van der Waals surface area contributed by atoms with Crippen molar-refractivity contribution in [3.8, 4) is 0 Å². The summed E-state index contributed by atoms with van der Waals surface area (Å²) in [5, 5.41) is 10.9. The highest BCUT2D eigenvalue weighted by atomic mass is 35.5. The van der Waals surface area contributed by atoms with Crippen molar-refractivity contribution in [2.75, 3.05) is 0 Å². The predicted molar refractivity (Wildman–Crippen MR) is 75.6 cm³/mol. The van der Waals surface area contributed by atoms with Crippen molar-refractivity contribution in [1.29, 1.82) is 0 Å². The summed E-state index contributed by atoms with van der Waals surface area (Å²) in [7, 11) is 1.96. The van der Waals surface area contributed by atoms with E-state index in [1.54, 1.807) is 0 Å². The lowest BCUT2D eigenvalue weighted by atomic mass is 9.91. The summed E-state index contributed by atoms with van der Waals surface area (Å²) >= 11 is 6.24. The van der Waals surface area contributed by atoms with Gasteiger partial charge in [0.05, 0.1) is 17.0 Å². The third kappa shape index (κ3) is 2.23. The van der Waals surface area contributed by atoms with E-state index in [-0.39, 0.29) is 12.3 Å². The van der Waals surface area contributed by atoms with Crippen LogP contribution in [0.15, 0.2) is 24.4 Å². The standard InChI is InChI=1S/C15H16ClNO2/c1-17-8-12(10-3-2-4-13(16)15(10)17)11(7-14(18)19)9-5-6-9/h2-4,8-9,11H,5-7H2,1H3,(H,18,19). The van der Waals surface area contributed by atoms with Crippen molar-refractivity contribution in [1.82, 2.24) is 4.57 Å². The normalized spacial score (nSPS) is 16.7. The summed E-state index contributed by atoms with van der Waals surface area (Å²) in [6.07, 6.45) is 4.52. The summed E-state index contributed by atoms with van der Waals surface area (Å²) in [6, 6.07) is 5.84. The fraction of sp³-hybridized carbons (Fsp3) is 0.400. The van der Waals surface area contributed by atoms with Gasteiger partial charge in [0.25, 0.3) is 0 Å². The molecule has 0 saturated heterocycles. The maximum Gasteiger partial charge on any atom is 0.303 e. The molecule has 2 aromatic rings. The zero-order chi connectivity index (χ0) is 13.6. The number of benzene rings is 1. The van der Waals surface area contributed by atoms with Crippen LogP contribution in [0.4, 0.5) is 0 Å². The van der Waals surface area contributed by atoms with Gasteiger partial charge in [0.1, 0.15) is 0 Å². The fourth-order valence-electron chi connectivity index (χ4n) is 2.96. The van der Waals surface area contributed by atoms with E-state index in [4.69, 9.17) is 16.7 Å². The van der Waals surface area contributed by atoms with Crippen LogP contribution in [0.5, 0.6) is 0 Å². The number of carbonyl (C=O) groups is 1. The van der Waals surface area contributed by atoms with Gasteiger partial charge in [0.2, 0.25) is 0 Å². The van der Waals surface area contributed by atoms with E-state index >= 15 is 0 Å². The van der Waals surface area contributed by atoms with E-state index in [1.165, 1.54) is 0 Å². The number of aryl methyl sites for hydroxylation is 1. The molecule has 1 fully saturated rings. The second kappa shape index (κ2) is 4.57. The maximum absolute atomic E-state index is 11.1. The van der Waals surface area contributed by atoms with E-state index in [0.717, 1.165) is 34.3 Å². The predicted octanol–water partition coefficient (Wildman–Crippen LogP) is 3.80. The number of carboxylic acids is 1. The molecule has 1 heterocycles. The van der Waals surface area contributed by atoms with Crippen LogP contribution in [0.1, 0.15) is 30.7 Å².